The molecule has 1 atom stereocenters. The van der Waals surface area contributed by atoms with Gasteiger partial charge in [-0.15, -0.1) is 0 Å². The Bertz CT molecular complexity index is 639. The van der Waals surface area contributed by atoms with E-state index in [1.165, 1.54) is 38.5 Å². The predicted molar refractivity (Wildman–Crippen MR) is 78.2 cm³/mol. The maximum atomic E-state index is 11.8. The molecule has 0 amide bonds. The molecule has 0 saturated heterocycles. The minimum absolute atomic E-state index is 0.143. The molecule has 1 N–H and O–H groups in total. The van der Waals surface area contributed by atoms with Gasteiger partial charge in [-0.05, 0) is 48.5 Å². The van der Waals surface area contributed by atoms with Crippen LogP contribution in [0.25, 0.3) is 0 Å². The molecule has 0 aliphatic heterocycles. The van der Waals surface area contributed by atoms with E-state index >= 15 is 0 Å². The van der Waals surface area contributed by atoms with E-state index < -0.39 is 7.82 Å². The lowest BCUT2D eigenvalue weighted by atomic mass is 10.3. The first kappa shape index (κ1) is 16.2. The summed E-state index contributed by atoms with van der Waals surface area (Å²) in [5.74, 6) is 1.59. The van der Waals surface area contributed by atoms with E-state index in [2.05, 4.69) is 4.67 Å². The zero-order valence-electron chi connectivity index (χ0n) is 12.0. The van der Waals surface area contributed by atoms with Gasteiger partial charge >= 0.3 is 7.82 Å². The molecule has 0 spiro atoms. The highest BCUT2D eigenvalue weighted by atomic mass is 31.2. The van der Waals surface area contributed by atoms with Crippen LogP contribution in [0.4, 0.5) is 0 Å². The van der Waals surface area contributed by atoms with Gasteiger partial charge in [-0.25, -0.2) is 4.57 Å². The highest BCUT2D eigenvalue weighted by molar-refractivity contribution is 7.47. The van der Waals surface area contributed by atoms with Crippen molar-refractivity contribution < 1.29 is 33.0 Å². The number of rotatable bonds is 7. The molecule has 0 radical (unpaired) electrons. The average molecular weight is 326 g/mol. The van der Waals surface area contributed by atoms with Gasteiger partial charge in [-0.1, -0.05) is 4.67 Å². The van der Waals surface area contributed by atoms with Crippen LogP contribution < -0.4 is 18.9 Å². The Hall–Kier alpha value is -2.21. The molecule has 7 nitrogen and oxygen atoms in total. The maximum Gasteiger partial charge on any atom is 0.564 e. The molecule has 1 unspecified atom stereocenters. The Kier molecular flexibility index (Phi) is 5.27. The van der Waals surface area contributed by atoms with Crippen molar-refractivity contribution >= 4 is 7.82 Å². The Morgan fingerprint density at radius 2 is 1.18 bits per heavy atom. The fraction of sp³-hybridized carbons (Fsp3) is 0.143. The van der Waals surface area contributed by atoms with Crippen LogP contribution in [0.1, 0.15) is 0 Å². The molecule has 0 bridgehead atoms. The molecule has 2 rings (SSSR count). The van der Waals surface area contributed by atoms with Crippen molar-refractivity contribution in [2.75, 3.05) is 14.2 Å². The van der Waals surface area contributed by atoms with Gasteiger partial charge < -0.3 is 18.9 Å². The smallest absolute Gasteiger partial charge is 0.497 e. The van der Waals surface area contributed by atoms with Crippen molar-refractivity contribution in [2.24, 2.45) is 0 Å². The van der Waals surface area contributed by atoms with Gasteiger partial charge in [-0.3, -0.25) is 4.89 Å². The van der Waals surface area contributed by atoms with Crippen LogP contribution in [0, 0.1) is 0 Å². The third-order valence-corrected chi connectivity index (χ3v) is 3.27. The quantitative estimate of drug-likeness (QED) is 0.475. The summed E-state index contributed by atoms with van der Waals surface area (Å²) < 4.78 is 31.0. The van der Waals surface area contributed by atoms with Crippen LogP contribution in [-0.2, 0) is 9.24 Å². The van der Waals surface area contributed by atoms with Crippen LogP contribution in [0.2, 0.25) is 0 Å². The first-order valence-electron chi connectivity index (χ1n) is 6.19. The second-order valence-corrected chi connectivity index (χ2v) is 5.34. The fourth-order valence-electron chi connectivity index (χ4n) is 1.51. The van der Waals surface area contributed by atoms with Crippen LogP contribution in [0.15, 0.2) is 48.5 Å². The van der Waals surface area contributed by atoms with Crippen LogP contribution in [0.3, 0.4) is 0 Å². The topological polar surface area (TPSA) is 83.5 Å². The number of hydrogen-bond acceptors (Lipinski definition) is 6. The lowest BCUT2D eigenvalue weighted by molar-refractivity contribution is -0.120. The number of phosphoric acid groups is 1. The number of benzene rings is 2. The standard InChI is InChI=1S/C14H15O7P/c1-17-11-3-7-13(8-4-11)19-21-22(15,16)20-14-9-5-12(18-2)6-10-14/h3-10H,1-2H3,(H,15,16). The minimum Gasteiger partial charge on any atom is -0.497 e. The summed E-state index contributed by atoms with van der Waals surface area (Å²) in [6.45, 7) is 0. The van der Waals surface area contributed by atoms with Gasteiger partial charge in [0.05, 0.1) is 14.2 Å². The van der Waals surface area contributed by atoms with E-state index in [-0.39, 0.29) is 11.5 Å². The van der Waals surface area contributed by atoms with Crippen molar-refractivity contribution in [1.29, 1.82) is 0 Å². The highest BCUT2D eigenvalue weighted by Crippen LogP contribution is 2.44. The van der Waals surface area contributed by atoms with Gasteiger partial charge in [0.25, 0.3) is 0 Å². The normalized spacial score (nSPS) is 13.0. The van der Waals surface area contributed by atoms with E-state index in [1.54, 1.807) is 24.3 Å². The number of methoxy groups -OCH3 is 2. The summed E-state index contributed by atoms with van der Waals surface area (Å²) in [5.41, 5.74) is 0. The van der Waals surface area contributed by atoms with Crippen molar-refractivity contribution in [3.05, 3.63) is 48.5 Å². The molecule has 0 aromatic heterocycles. The lowest BCUT2D eigenvalue weighted by Crippen LogP contribution is -2.01. The van der Waals surface area contributed by atoms with Crippen molar-refractivity contribution in [3.63, 3.8) is 0 Å². The maximum absolute atomic E-state index is 11.8. The summed E-state index contributed by atoms with van der Waals surface area (Å²) >= 11 is 0. The molecule has 8 heteroatoms. The first-order chi connectivity index (χ1) is 10.5. The zero-order valence-corrected chi connectivity index (χ0v) is 12.9. The Morgan fingerprint density at radius 3 is 1.64 bits per heavy atom. The number of phosphoric ester groups is 1. The zero-order chi connectivity index (χ0) is 16.0. The second-order valence-electron chi connectivity index (χ2n) is 4.07. The summed E-state index contributed by atoms with van der Waals surface area (Å²) in [6.07, 6.45) is 0. The lowest BCUT2D eigenvalue weighted by Gasteiger charge is -2.12. The Balaban J connectivity index is 1.93. The second kappa shape index (κ2) is 7.17. The SMILES string of the molecule is COc1ccc(OOP(=O)(O)Oc2ccc(OC)cc2)cc1. The number of ether oxygens (including phenoxy) is 2. The Morgan fingerprint density at radius 1 is 0.773 bits per heavy atom. The third kappa shape index (κ3) is 4.66. The van der Waals surface area contributed by atoms with E-state index in [0.717, 1.165) is 0 Å². The molecule has 118 valence electrons. The molecule has 0 fully saturated rings. The summed E-state index contributed by atoms with van der Waals surface area (Å²) in [7, 11) is -1.38. The largest absolute Gasteiger partial charge is 0.564 e. The minimum atomic E-state index is -4.42. The van der Waals surface area contributed by atoms with Crippen LogP contribution in [0.5, 0.6) is 23.0 Å². The predicted octanol–water partition coefficient (Wildman–Crippen LogP) is 3.19. The highest BCUT2D eigenvalue weighted by Gasteiger charge is 2.25. The van der Waals surface area contributed by atoms with Gasteiger partial charge in [-0.2, -0.15) is 0 Å². The van der Waals surface area contributed by atoms with Gasteiger partial charge in [0, 0.05) is 0 Å². The van der Waals surface area contributed by atoms with E-state index in [1.807, 2.05) is 0 Å². The molecule has 2 aromatic rings. The van der Waals surface area contributed by atoms with Crippen molar-refractivity contribution in [3.8, 4) is 23.0 Å². The molecule has 0 heterocycles. The van der Waals surface area contributed by atoms with E-state index in [9.17, 15) is 9.46 Å². The van der Waals surface area contributed by atoms with Crippen LogP contribution >= 0.6 is 7.82 Å². The summed E-state index contributed by atoms with van der Waals surface area (Å²) in [6, 6.07) is 12.4. The van der Waals surface area contributed by atoms with E-state index in [4.69, 9.17) is 18.9 Å². The molecule has 0 saturated carbocycles. The first-order valence-corrected chi connectivity index (χ1v) is 7.69. The average Bonchev–Trinajstić information content (AvgIpc) is 2.54. The molecule has 0 aliphatic rings. The fourth-order valence-corrected chi connectivity index (χ4v) is 2.11. The molecular weight excluding hydrogens is 311 g/mol. The molecule has 0 aliphatic carbocycles. The van der Waals surface area contributed by atoms with Gasteiger partial charge in [0.1, 0.15) is 17.2 Å². The third-order valence-electron chi connectivity index (χ3n) is 2.57. The molecule has 22 heavy (non-hydrogen) atoms. The van der Waals surface area contributed by atoms with Crippen LogP contribution in [-0.4, -0.2) is 19.1 Å². The molecule has 2 aromatic carbocycles. The van der Waals surface area contributed by atoms with Crippen molar-refractivity contribution in [1.82, 2.24) is 0 Å². The monoisotopic (exact) mass is 326 g/mol. The van der Waals surface area contributed by atoms with Crippen molar-refractivity contribution in [2.45, 2.75) is 0 Å². The van der Waals surface area contributed by atoms with E-state index in [0.29, 0.717) is 11.5 Å². The Labute approximate surface area is 127 Å². The summed E-state index contributed by atoms with van der Waals surface area (Å²) in [4.78, 5) is 14.4. The number of hydrogen-bond donors (Lipinski definition) is 1. The molecular formula is C14H15O7P. The van der Waals surface area contributed by atoms with Gasteiger partial charge in [0.15, 0.2) is 5.75 Å². The van der Waals surface area contributed by atoms with Gasteiger partial charge in [0.2, 0.25) is 0 Å². The summed E-state index contributed by atoms with van der Waals surface area (Å²) in [5, 5.41) is 0.